The lowest BCUT2D eigenvalue weighted by atomic mass is 10.1. The molecule has 0 aromatic heterocycles. The lowest BCUT2D eigenvalue weighted by molar-refractivity contribution is -0.135. The van der Waals surface area contributed by atoms with Crippen molar-refractivity contribution in [1.82, 2.24) is 0 Å². The molecule has 1 atom stereocenters. The number of ether oxygens (including phenoxy) is 1. The Bertz CT molecular complexity index is 393. The van der Waals surface area contributed by atoms with E-state index in [1.165, 1.54) is 0 Å². The van der Waals surface area contributed by atoms with Crippen molar-refractivity contribution in [3.05, 3.63) is 29.8 Å². The molecule has 0 amide bonds. The first-order chi connectivity index (χ1) is 9.42. The van der Waals surface area contributed by atoms with Crippen molar-refractivity contribution in [1.29, 1.82) is 0 Å². The zero-order valence-corrected chi connectivity index (χ0v) is 12.0. The minimum absolute atomic E-state index is 0.000117. The van der Waals surface area contributed by atoms with Gasteiger partial charge in [-0.3, -0.25) is 0 Å². The summed E-state index contributed by atoms with van der Waals surface area (Å²) < 4.78 is 41.7. The number of nitrogens with one attached hydrogen (secondary N) is 1. The fourth-order valence-corrected chi connectivity index (χ4v) is 1.95. The van der Waals surface area contributed by atoms with Crippen molar-refractivity contribution in [2.45, 2.75) is 51.9 Å². The highest BCUT2D eigenvalue weighted by molar-refractivity contribution is 5.51. The van der Waals surface area contributed by atoms with Crippen LogP contribution in [0, 0.1) is 0 Å². The largest absolute Gasteiger partial charge is 0.389 e. The van der Waals surface area contributed by atoms with Crippen molar-refractivity contribution in [3.63, 3.8) is 0 Å². The summed E-state index contributed by atoms with van der Waals surface area (Å²) >= 11 is 0. The molecule has 0 fully saturated rings. The summed E-state index contributed by atoms with van der Waals surface area (Å²) in [6.07, 6.45) is -4.15. The lowest BCUT2D eigenvalue weighted by Gasteiger charge is -2.18. The molecule has 114 valence electrons. The maximum Gasteiger partial charge on any atom is 0.389 e. The third-order valence-electron chi connectivity index (χ3n) is 2.98. The molecule has 1 aromatic rings. The number of hydrogen-bond acceptors (Lipinski definition) is 2. The Morgan fingerprint density at radius 3 is 2.60 bits per heavy atom. The molecule has 20 heavy (non-hydrogen) atoms. The van der Waals surface area contributed by atoms with E-state index in [4.69, 9.17) is 4.74 Å². The van der Waals surface area contributed by atoms with Gasteiger partial charge in [0.05, 0.1) is 6.61 Å². The van der Waals surface area contributed by atoms with Crippen LogP contribution in [0.1, 0.15) is 38.7 Å². The Kier molecular flexibility index (Phi) is 6.85. The van der Waals surface area contributed by atoms with E-state index in [0.717, 1.165) is 11.3 Å². The standard InChI is InChI=1S/C15H22F3NO/c1-3-20-11-13-8-4-5-9-14(13)19-12(2)7-6-10-15(16,17)18/h4-5,8-9,12,19H,3,6-7,10-11H2,1-2H3. The molecule has 0 aliphatic heterocycles. The first-order valence-corrected chi connectivity index (χ1v) is 6.91. The summed E-state index contributed by atoms with van der Waals surface area (Å²) in [6, 6.07) is 7.71. The number of halogens is 3. The van der Waals surface area contributed by atoms with Gasteiger partial charge in [0.25, 0.3) is 0 Å². The second-order valence-corrected chi connectivity index (χ2v) is 4.85. The molecule has 1 aromatic carbocycles. The molecule has 0 radical (unpaired) electrons. The summed E-state index contributed by atoms with van der Waals surface area (Å²) in [6.45, 7) is 4.97. The van der Waals surface area contributed by atoms with Crippen molar-refractivity contribution in [3.8, 4) is 0 Å². The molecule has 2 nitrogen and oxygen atoms in total. The van der Waals surface area contributed by atoms with Crippen LogP contribution in [0.25, 0.3) is 0 Å². The summed E-state index contributed by atoms with van der Waals surface area (Å²) in [5, 5.41) is 3.26. The average molecular weight is 289 g/mol. The van der Waals surface area contributed by atoms with Gasteiger partial charge in [0, 0.05) is 30.3 Å². The number of para-hydroxylation sites is 1. The van der Waals surface area contributed by atoms with E-state index in [2.05, 4.69) is 5.32 Å². The van der Waals surface area contributed by atoms with Gasteiger partial charge < -0.3 is 10.1 Å². The van der Waals surface area contributed by atoms with Gasteiger partial charge in [-0.2, -0.15) is 13.2 Å². The van der Waals surface area contributed by atoms with Crippen LogP contribution in [0.4, 0.5) is 18.9 Å². The van der Waals surface area contributed by atoms with Gasteiger partial charge in [0.2, 0.25) is 0 Å². The SMILES string of the molecule is CCOCc1ccccc1NC(C)CCCC(F)(F)F. The van der Waals surface area contributed by atoms with Crippen molar-refractivity contribution >= 4 is 5.69 Å². The van der Waals surface area contributed by atoms with E-state index >= 15 is 0 Å². The zero-order chi connectivity index (χ0) is 15.0. The monoisotopic (exact) mass is 289 g/mol. The lowest BCUT2D eigenvalue weighted by Crippen LogP contribution is -2.17. The fraction of sp³-hybridized carbons (Fsp3) is 0.600. The van der Waals surface area contributed by atoms with Crippen LogP contribution in [0.3, 0.4) is 0 Å². The maximum atomic E-state index is 12.1. The smallest absolute Gasteiger partial charge is 0.382 e. The minimum Gasteiger partial charge on any atom is -0.382 e. The summed E-state index contributed by atoms with van der Waals surface area (Å²) in [7, 11) is 0. The number of anilines is 1. The molecule has 0 bridgehead atoms. The molecule has 0 spiro atoms. The van der Waals surface area contributed by atoms with Gasteiger partial charge in [-0.1, -0.05) is 18.2 Å². The second-order valence-electron chi connectivity index (χ2n) is 4.85. The van der Waals surface area contributed by atoms with E-state index in [0.29, 0.717) is 19.6 Å². The molecule has 1 N–H and O–H groups in total. The Labute approximate surface area is 118 Å². The van der Waals surface area contributed by atoms with E-state index in [1.807, 2.05) is 38.1 Å². The minimum atomic E-state index is -4.06. The Hall–Kier alpha value is -1.23. The van der Waals surface area contributed by atoms with Crippen LogP contribution in [0.2, 0.25) is 0 Å². The van der Waals surface area contributed by atoms with Gasteiger partial charge in [0.15, 0.2) is 0 Å². The quantitative estimate of drug-likeness (QED) is 0.745. The molecule has 5 heteroatoms. The third kappa shape index (κ3) is 6.80. The highest BCUT2D eigenvalue weighted by atomic mass is 19.4. The van der Waals surface area contributed by atoms with Gasteiger partial charge in [-0.25, -0.2) is 0 Å². The van der Waals surface area contributed by atoms with Crippen LogP contribution < -0.4 is 5.32 Å². The Morgan fingerprint density at radius 1 is 1.25 bits per heavy atom. The average Bonchev–Trinajstić information content (AvgIpc) is 2.36. The highest BCUT2D eigenvalue weighted by Gasteiger charge is 2.26. The molecule has 1 rings (SSSR count). The number of hydrogen-bond donors (Lipinski definition) is 1. The van der Waals surface area contributed by atoms with E-state index < -0.39 is 12.6 Å². The summed E-state index contributed by atoms with van der Waals surface area (Å²) in [5.41, 5.74) is 1.96. The van der Waals surface area contributed by atoms with E-state index in [9.17, 15) is 13.2 Å². The predicted octanol–water partition coefficient (Wildman–Crippen LogP) is 4.76. The van der Waals surface area contributed by atoms with Gasteiger partial charge in [-0.05, 0) is 32.8 Å². The first kappa shape index (κ1) is 16.8. The Morgan fingerprint density at radius 2 is 1.95 bits per heavy atom. The van der Waals surface area contributed by atoms with Gasteiger partial charge in [0.1, 0.15) is 0 Å². The maximum absolute atomic E-state index is 12.1. The summed E-state index contributed by atoms with van der Waals surface area (Å²) in [5.74, 6) is 0. The number of benzene rings is 1. The van der Waals surface area contributed by atoms with Crippen LogP contribution >= 0.6 is 0 Å². The molecule has 0 saturated carbocycles. The van der Waals surface area contributed by atoms with Crippen LogP contribution in [0.5, 0.6) is 0 Å². The van der Waals surface area contributed by atoms with E-state index in [1.54, 1.807) is 0 Å². The molecular weight excluding hydrogens is 267 g/mol. The second kappa shape index (κ2) is 8.15. The zero-order valence-electron chi connectivity index (χ0n) is 12.0. The van der Waals surface area contributed by atoms with Crippen LogP contribution in [0.15, 0.2) is 24.3 Å². The number of rotatable bonds is 8. The summed E-state index contributed by atoms with van der Waals surface area (Å²) in [4.78, 5) is 0. The molecule has 0 heterocycles. The number of alkyl halides is 3. The van der Waals surface area contributed by atoms with Gasteiger partial charge in [-0.15, -0.1) is 0 Å². The molecule has 0 saturated heterocycles. The Balaban J connectivity index is 2.46. The fourth-order valence-electron chi connectivity index (χ4n) is 1.95. The first-order valence-electron chi connectivity index (χ1n) is 6.91. The third-order valence-corrected chi connectivity index (χ3v) is 2.98. The molecule has 0 aliphatic rings. The van der Waals surface area contributed by atoms with Crippen molar-refractivity contribution < 1.29 is 17.9 Å². The molecule has 0 aliphatic carbocycles. The predicted molar refractivity (Wildman–Crippen MR) is 74.8 cm³/mol. The van der Waals surface area contributed by atoms with Gasteiger partial charge >= 0.3 is 6.18 Å². The highest BCUT2D eigenvalue weighted by Crippen LogP contribution is 2.24. The normalized spacial score (nSPS) is 13.2. The molecular formula is C15H22F3NO. The van der Waals surface area contributed by atoms with Crippen molar-refractivity contribution in [2.75, 3.05) is 11.9 Å². The van der Waals surface area contributed by atoms with Crippen LogP contribution in [-0.2, 0) is 11.3 Å². The van der Waals surface area contributed by atoms with E-state index in [-0.39, 0.29) is 12.5 Å². The molecule has 1 unspecified atom stereocenters. The van der Waals surface area contributed by atoms with Crippen LogP contribution in [-0.4, -0.2) is 18.8 Å². The van der Waals surface area contributed by atoms with Crippen molar-refractivity contribution in [2.24, 2.45) is 0 Å². The topological polar surface area (TPSA) is 21.3 Å².